The third-order valence-electron chi connectivity index (χ3n) is 1.75. The van der Waals surface area contributed by atoms with Crippen molar-refractivity contribution >= 4 is 16.8 Å². The van der Waals surface area contributed by atoms with E-state index in [1.54, 1.807) is 19.2 Å². The fraction of sp³-hybridized carbons (Fsp3) is 0.300. The molecule has 88 valence electrons. The number of aryl methyl sites for hydroxylation is 1. The van der Waals surface area contributed by atoms with Crippen molar-refractivity contribution in [1.29, 1.82) is 5.41 Å². The third-order valence-corrected chi connectivity index (χ3v) is 2.39. The van der Waals surface area contributed by atoms with E-state index in [1.165, 1.54) is 12.1 Å². The van der Waals surface area contributed by atoms with Crippen LogP contribution < -0.4 is 4.74 Å². The Bertz CT molecular complexity index is 404. The highest BCUT2D eigenvalue weighted by Crippen LogP contribution is 2.26. The second kappa shape index (κ2) is 4.78. The fourth-order valence-electron chi connectivity index (χ4n) is 1.19. The van der Waals surface area contributed by atoms with Crippen molar-refractivity contribution in [2.24, 2.45) is 0 Å². The zero-order valence-electron chi connectivity index (χ0n) is 8.68. The number of nitrogens with one attached hydrogen (secondary N) is 1. The molecular formula is C10H10F3NOS. The van der Waals surface area contributed by atoms with Gasteiger partial charge in [-0.3, -0.25) is 5.41 Å². The van der Waals surface area contributed by atoms with E-state index in [0.717, 1.165) is 11.8 Å². The average Bonchev–Trinajstić information content (AvgIpc) is 2.12. The number of benzene rings is 1. The van der Waals surface area contributed by atoms with Crippen molar-refractivity contribution in [3.63, 3.8) is 0 Å². The fourth-order valence-corrected chi connectivity index (χ4v) is 1.54. The lowest BCUT2D eigenvalue weighted by Gasteiger charge is -2.11. The summed E-state index contributed by atoms with van der Waals surface area (Å²) >= 11 is 1.16. The van der Waals surface area contributed by atoms with Crippen LogP contribution in [0.5, 0.6) is 5.75 Å². The third kappa shape index (κ3) is 3.77. The molecule has 1 rings (SSSR count). The van der Waals surface area contributed by atoms with Crippen LogP contribution in [0.3, 0.4) is 0 Å². The molecule has 1 aromatic carbocycles. The number of hydrogen-bond acceptors (Lipinski definition) is 3. The normalized spacial score (nSPS) is 11.3. The predicted octanol–water partition coefficient (Wildman–Crippen LogP) is 3.58. The van der Waals surface area contributed by atoms with Crippen LogP contribution in [0.2, 0.25) is 0 Å². The van der Waals surface area contributed by atoms with E-state index in [0.29, 0.717) is 11.1 Å². The first kappa shape index (κ1) is 12.9. The molecule has 0 atom stereocenters. The van der Waals surface area contributed by atoms with Gasteiger partial charge in [0.25, 0.3) is 0 Å². The molecule has 0 heterocycles. The van der Waals surface area contributed by atoms with Crippen molar-refractivity contribution in [2.75, 3.05) is 6.26 Å². The largest absolute Gasteiger partial charge is 0.573 e. The predicted molar refractivity (Wildman–Crippen MR) is 58.2 cm³/mol. The Hall–Kier alpha value is -1.17. The minimum atomic E-state index is -4.70. The average molecular weight is 249 g/mol. The van der Waals surface area contributed by atoms with Crippen molar-refractivity contribution in [3.05, 3.63) is 29.3 Å². The van der Waals surface area contributed by atoms with Crippen LogP contribution in [0.1, 0.15) is 11.1 Å². The standard InChI is InChI=1S/C10H10F3NOS/c1-6-3-7(9(14)16-2)5-8(4-6)15-10(11,12)13/h3-5,14H,1-2H3. The van der Waals surface area contributed by atoms with Gasteiger partial charge in [-0.25, -0.2) is 0 Å². The summed E-state index contributed by atoms with van der Waals surface area (Å²) in [6.45, 7) is 1.65. The van der Waals surface area contributed by atoms with Gasteiger partial charge in [0.05, 0.1) is 5.04 Å². The SMILES string of the molecule is CSC(=N)c1cc(C)cc(OC(F)(F)F)c1. The van der Waals surface area contributed by atoms with E-state index < -0.39 is 6.36 Å². The monoisotopic (exact) mass is 249 g/mol. The molecule has 1 aromatic rings. The smallest absolute Gasteiger partial charge is 0.406 e. The Morgan fingerprint density at radius 1 is 1.31 bits per heavy atom. The number of thioether (sulfide) groups is 1. The maximum atomic E-state index is 12.0. The van der Waals surface area contributed by atoms with Crippen LogP contribution in [0.25, 0.3) is 0 Å². The quantitative estimate of drug-likeness (QED) is 0.642. The van der Waals surface area contributed by atoms with Gasteiger partial charge < -0.3 is 4.74 Å². The van der Waals surface area contributed by atoms with Gasteiger partial charge >= 0.3 is 6.36 Å². The van der Waals surface area contributed by atoms with E-state index in [9.17, 15) is 13.2 Å². The van der Waals surface area contributed by atoms with Crippen LogP contribution in [0.15, 0.2) is 18.2 Å². The zero-order chi connectivity index (χ0) is 12.3. The molecule has 0 saturated heterocycles. The summed E-state index contributed by atoms with van der Waals surface area (Å²) in [4.78, 5) is 0. The van der Waals surface area contributed by atoms with Crippen LogP contribution in [0.4, 0.5) is 13.2 Å². The maximum Gasteiger partial charge on any atom is 0.573 e. The first-order chi connectivity index (χ1) is 7.31. The van der Waals surface area contributed by atoms with E-state index >= 15 is 0 Å². The molecule has 0 aliphatic heterocycles. The number of hydrogen-bond donors (Lipinski definition) is 1. The Labute approximate surface area is 95.3 Å². The summed E-state index contributed by atoms with van der Waals surface area (Å²) in [7, 11) is 0. The van der Waals surface area contributed by atoms with Gasteiger partial charge in [-0.2, -0.15) is 0 Å². The van der Waals surface area contributed by atoms with E-state index in [1.807, 2.05) is 0 Å². The van der Waals surface area contributed by atoms with E-state index in [4.69, 9.17) is 5.41 Å². The van der Waals surface area contributed by atoms with Gasteiger partial charge in [0, 0.05) is 5.56 Å². The molecule has 0 bridgehead atoms. The van der Waals surface area contributed by atoms with Gasteiger partial charge in [0.1, 0.15) is 5.75 Å². The molecule has 0 fully saturated rings. The molecule has 0 saturated carbocycles. The number of alkyl halides is 3. The summed E-state index contributed by atoms with van der Waals surface area (Å²) in [5.41, 5.74) is 1.04. The summed E-state index contributed by atoms with van der Waals surface area (Å²) in [5, 5.41) is 7.73. The lowest BCUT2D eigenvalue weighted by Crippen LogP contribution is -2.17. The molecule has 0 unspecified atom stereocenters. The first-order valence-corrected chi connectivity index (χ1v) is 5.54. The van der Waals surface area contributed by atoms with Gasteiger partial charge in [0.2, 0.25) is 0 Å². The zero-order valence-corrected chi connectivity index (χ0v) is 9.50. The van der Waals surface area contributed by atoms with Gasteiger partial charge in [-0.1, -0.05) is 0 Å². The first-order valence-electron chi connectivity index (χ1n) is 4.32. The maximum absolute atomic E-state index is 12.0. The second-order valence-electron chi connectivity index (χ2n) is 3.12. The Morgan fingerprint density at radius 2 is 1.94 bits per heavy atom. The molecule has 0 aliphatic rings. The van der Waals surface area contributed by atoms with Crippen molar-refractivity contribution < 1.29 is 17.9 Å². The summed E-state index contributed by atoms with van der Waals surface area (Å²) in [6, 6.07) is 4.13. The molecule has 0 amide bonds. The number of halogens is 3. The van der Waals surface area contributed by atoms with Crippen molar-refractivity contribution in [1.82, 2.24) is 0 Å². The molecule has 6 heteroatoms. The Balaban J connectivity index is 3.03. The summed E-state index contributed by atoms with van der Waals surface area (Å²) in [6.07, 6.45) is -3.01. The molecule has 0 spiro atoms. The Kier molecular flexibility index (Phi) is 3.85. The molecule has 0 radical (unpaired) electrons. The van der Waals surface area contributed by atoms with Crippen LogP contribution in [-0.2, 0) is 0 Å². The second-order valence-corrected chi connectivity index (χ2v) is 3.93. The van der Waals surface area contributed by atoms with Crippen LogP contribution in [0, 0.1) is 12.3 Å². The van der Waals surface area contributed by atoms with Gasteiger partial charge in [-0.15, -0.1) is 24.9 Å². The molecule has 0 aliphatic carbocycles. The molecular weight excluding hydrogens is 239 g/mol. The van der Waals surface area contributed by atoms with E-state index in [-0.39, 0.29) is 10.8 Å². The molecule has 0 aromatic heterocycles. The van der Waals surface area contributed by atoms with Crippen molar-refractivity contribution in [2.45, 2.75) is 13.3 Å². The van der Waals surface area contributed by atoms with Crippen molar-refractivity contribution in [3.8, 4) is 5.75 Å². The minimum absolute atomic E-state index is 0.204. The van der Waals surface area contributed by atoms with Crippen LogP contribution >= 0.6 is 11.8 Å². The summed E-state index contributed by atoms with van der Waals surface area (Å²) < 4.78 is 39.8. The van der Waals surface area contributed by atoms with E-state index in [2.05, 4.69) is 4.74 Å². The molecule has 1 N–H and O–H groups in total. The molecule has 16 heavy (non-hydrogen) atoms. The lowest BCUT2D eigenvalue weighted by atomic mass is 10.1. The van der Waals surface area contributed by atoms with Gasteiger partial charge in [-0.05, 0) is 36.9 Å². The molecule has 2 nitrogen and oxygen atoms in total. The Morgan fingerprint density at radius 3 is 2.44 bits per heavy atom. The highest BCUT2D eigenvalue weighted by molar-refractivity contribution is 8.13. The van der Waals surface area contributed by atoms with Crippen LogP contribution in [-0.4, -0.2) is 17.7 Å². The minimum Gasteiger partial charge on any atom is -0.406 e. The topological polar surface area (TPSA) is 33.1 Å². The lowest BCUT2D eigenvalue weighted by molar-refractivity contribution is -0.274. The van der Waals surface area contributed by atoms with Gasteiger partial charge in [0.15, 0.2) is 0 Å². The highest BCUT2D eigenvalue weighted by Gasteiger charge is 2.31. The summed E-state index contributed by atoms with van der Waals surface area (Å²) in [5.74, 6) is -0.290. The number of ether oxygens (including phenoxy) is 1. The number of rotatable bonds is 2. The highest BCUT2D eigenvalue weighted by atomic mass is 32.2.